The molecule has 0 unspecified atom stereocenters. The lowest BCUT2D eigenvalue weighted by Crippen LogP contribution is -2.34. The van der Waals surface area contributed by atoms with E-state index in [1.807, 2.05) is 0 Å². The summed E-state index contributed by atoms with van der Waals surface area (Å²) in [5, 5.41) is 16.3. The molecule has 128 valence electrons. The summed E-state index contributed by atoms with van der Waals surface area (Å²) in [6.45, 7) is 3.89. The quantitative estimate of drug-likeness (QED) is 0.357. The molecule has 0 saturated heterocycles. The zero-order valence-corrected chi connectivity index (χ0v) is 13.9. The first-order valence-corrected chi connectivity index (χ1v) is 7.62. The molecule has 2 N–H and O–H groups in total. The molecular weight excluding hydrogens is 342 g/mol. The Balaban J connectivity index is 2.10. The monoisotopic (exact) mass is 357 g/mol. The Morgan fingerprint density at radius 2 is 1.92 bits per heavy atom. The summed E-state index contributed by atoms with van der Waals surface area (Å²) in [7, 11) is 0. The van der Waals surface area contributed by atoms with Crippen molar-refractivity contribution in [2.24, 2.45) is 0 Å². The van der Waals surface area contributed by atoms with Crippen LogP contribution in [0.2, 0.25) is 0 Å². The molecule has 0 radical (unpaired) electrons. The van der Waals surface area contributed by atoms with Gasteiger partial charge in [0.05, 0.1) is 10.6 Å². The molecule has 0 saturated carbocycles. The number of amides is 1. The number of hydrogen-bond acceptors (Lipinski definition) is 5. The highest BCUT2D eigenvalue weighted by molar-refractivity contribution is 7.80. The predicted molar refractivity (Wildman–Crippen MR) is 98.9 cm³/mol. The molecule has 0 heterocycles. The van der Waals surface area contributed by atoms with Crippen LogP contribution in [0.1, 0.15) is 10.4 Å². The van der Waals surface area contributed by atoms with Gasteiger partial charge in [-0.2, -0.15) is 0 Å². The third-order valence-corrected chi connectivity index (χ3v) is 3.27. The predicted octanol–water partition coefficient (Wildman–Crippen LogP) is 3.29. The van der Waals surface area contributed by atoms with E-state index in [1.54, 1.807) is 30.3 Å². The fraction of sp³-hybridized carbons (Fsp3) is 0.0588. The third-order valence-electron chi connectivity index (χ3n) is 3.06. The number of thiocarbonyl (C=S) groups is 1. The van der Waals surface area contributed by atoms with Crippen LogP contribution in [0.4, 0.5) is 11.4 Å². The minimum absolute atomic E-state index is 0.00203. The summed E-state index contributed by atoms with van der Waals surface area (Å²) in [4.78, 5) is 22.6. The molecule has 1 amide bonds. The molecule has 0 spiro atoms. The molecule has 2 rings (SSSR count). The van der Waals surface area contributed by atoms with E-state index in [0.29, 0.717) is 18.0 Å². The van der Waals surface area contributed by atoms with Gasteiger partial charge in [-0.15, -0.1) is 0 Å². The second-order valence-electron chi connectivity index (χ2n) is 4.78. The van der Waals surface area contributed by atoms with Crippen LogP contribution in [0, 0.1) is 10.1 Å². The number of ether oxygens (including phenoxy) is 1. The zero-order valence-electron chi connectivity index (χ0n) is 13.1. The summed E-state index contributed by atoms with van der Waals surface area (Å²) >= 11 is 5.10. The van der Waals surface area contributed by atoms with E-state index < -0.39 is 10.8 Å². The lowest BCUT2D eigenvalue weighted by molar-refractivity contribution is -0.385. The highest BCUT2D eigenvalue weighted by Gasteiger charge is 2.20. The second-order valence-corrected chi connectivity index (χ2v) is 5.19. The summed E-state index contributed by atoms with van der Waals surface area (Å²) < 4.78 is 5.49. The number of carbonyl (C=O) groups excluding carboxylic acids is 1. The molecule has 2 aromatic carbocycles. The molecule has 2 aromatic rings. The summed E-state index contributed by atoms with van der Waals surface area (Å²) in [5.74, 6) is -0.140. The number of para-hydroxylation sites is 3. The van der Waals surface area contributed by atoms with Gasteiger partial charge < -0.3 is 10.1 Å². The number of benzene rings is 2. The van der Waals surface area contributed by atoms with Gasteiger partial charge in [-0.05, 0) is 30.4 Å². The Morgan fingerprint density at radius 3 is 2.64 bits per heavy atom. The van der Waals surface area contributed by atoms with Crippen molar-refractivity contribution in [1.82, 2.24) is 5.32 Å². The van der Waals surface area contributed by atoms with Crippen LogP contribution < -0.4 is 15.4 Å². The van der Waals surface area contributed by atoms with E-state index in [9.17, 15) is 14.9 Å². The number of nitro groups is 1. The molecule has 0 fully saturated rings. The van der Waals surface area contributed by atoms with E-state index in [-0.39, 0.29) is 16.4 Å². The molecule has 25 heavy (non-hydrogen) atoms. The van der Waals surface area contributed by atoms with Crippen molar-refractivity contribution in [1.29, 1.82) is 0 Å². The number of carbonyl (C=O) groups is 1. The second kappa shape index (κ2) is 8.55. The molecular formula is C17H15N3O4S. The lowest BCUT2D eigenvalue weighted by Gasteiger charge is -2.13. The van der Waals surface area contributed by atoms with Gasteiger partial charge >= 0.3 is 0 Å². The molecule has 0 bridgehead atoms. The lowest BCUT2D eigenvalue weighted by atomic mass is 10.1. The van der Waals surface area contributed by atoms with Crippen molar-refractivity contribution in [3.63, 3.8) is 0 Å². The van der Waals surface area contributed by atoms with Crippen molar-refractivity contribution >= 4 is 34.6 Å². The van der Waals surface area contributed by atoms with E-state index in [4.69, 9.17) is 17.0 Å². The van der Waals surface area contributed by atoms with Crippen molar-refractivity contribution in [3.8, 4) is 5.75 Å². The normalized spacial score (nSPS) is 9.76. The first kappa shape index (κ1) is 18.1. The Labute approximate surface area is 149 Å². The van der Waals surface area contributed by atoms with Crippen LogP contribution in [-0.4, -0.2) is 22.5 Å². The fourth-order valence-corrected chi connectivity index (χ4v) is 2.20. The third kappa shape index (κ3) is 4.85. The van der Waals surface area contributed by atoms with Crippen LogP contribution in [-0.2, 0) is 0 Å². The smallest absolute Gasteiger partial charge is 0.282 e. The van der Waals surface area contributed by atoms with Gasteiger partial charge in [-0.1, -0.05) is 36.9 Å². The van der Waals surface area contributed by atoms with Gasteiger partial charge in [0.15, 0.2) is 5.11 Å². The maximum Gasteiger partial charge on any atom is 0.282 e. The van der Waals surface area contributed by atoms with Gasteiger partial charge in [-0.3, -0.25) is 20.2 Å². The highest BCUT2D eigenvalue weighted by Crippen LogP contribution is 2.23. The topological polar surface area (TPSA) is 93.5 Å². The first-order valence-electron chi connectivity index (χ1n) is 7.21. The van der Waals surface area contributed by atoms with E-state index in [0.717, 1.165) is 0 Å². The Morgan fingerprint density at radius 1 is 1.24 bits per heavy atom. The molecule has 0 atom stereocenters. The van der Waals surface area contributed by atoms with Crippen LogP contribution in [0.15, 0.2) is 61.2 Å². The van der Waals surface area contributed by atoms with E-state index >= 15 is 0 Å². The zero-order chi connectivity index (χ0) is 18.2. The van der Waals surface area contributed by atoms with Crippen molar-refractivity contribution < 1.29 is 14.5 Å². The van der Waals surface area contributed by atoms with Gasteiger partial charge in [0.25, 0.3) is 11.6 Å². The summed E-state index contributed by atoms with van der Waals surface area (Å²) in [6.07, 6.45) is 1.60. The SMILES string of the molecule is C=CCOc1ccccc1NC(=S)NC(=O)c1ccccc1[N+](=O)[O-]. The average Bonchev–Trinajstić information content (AvgIpc) is 2.60. The Bertz CT molecular complexity index is 823. The van der Waals surface area contributed by atoms with Crippen molar-refractivity contribution in [2.75, 3.05) is 11.9 Å². The molecule has 8 heteroatoms. The van der Waals surface area contributed by atoms with E-state index in [2.05, 4.69) is 17.2 Å². The van der Waals surface area contributed by atoms with Gasteiger partial charge in [0.1, 0.15) is 17.9 Å². The Kier molecular flexibility index (Phi) is 6.19. The summed E-state index contributed by atoms with van der Waals surface area (Å²) in [5.41, 5.74) is 0.183. The van der Waals surface area contributed by atoms with E-state index in [1.165, 1.54) is 24.3 Å². The van der Waals surface area contributed by atoms with Gasteiger partial charge in [0.2, 0.25) is 0 Å². The number of nitro benzene ring substituents is 1. The fourth-order valence-electron chi connectivity index (χ4n) is 1.99. The number of hydrogen-bond donors (Lipinski definition) is 2. The molecule has 0 aromatic heterocycles. The number of nitrogens with zero attached hydrogens (tertiary/aromatic N) is 1. The largest absolute Gasteiger partial charge is 0.487 e. The van der Waals surface area contributed by atoms with Gasteiger partial charge in [0, 0.05) is 6.07 Å². The molecule has 7 nitrogen and oxygen atoms in total. The standard InChI is InChI=1S/C17H15N3O4S/c1-2-11-24-15-10-6-4-8-13(15)18-17(25)19-16(21)12-7-3-5-9-14(12)20(22)23/h2-10H,1,11H2,(H2,18,19,21,25). The molecule has 0 aliphatic heterocycles. The number of nitrogens with one attached hydrogen (secondary N) is 2. The first-order chi connectivity index (χ1) is 12.0. The maximum atomic E-state index is 12.2. The van der Waals surface area contributed by atoms with Crippen LogP contribution >= 0.6 is 12.2 Å². The van der Waals surface area contributed by atoms with Gasteiger partial charge in [-0.25, -0.2) is 0 Å². The van der Waals surface area contributed by atoms with Crippen LogP contribution in [0.5, 0.6) is 5.75 Å². The number of rotatable bonds is 6. The minimum atomic E-state index is -0.672. The van der Waals surface area contributed by atoms with Crippen LogP contribution in [0.3, 0.4) is 0 Å². The Hall–Kier alpha value is -3.26. The number of anilines is 1. The minimum Gasteiger partial charge on any atom is -0.487 e. The molecule has 0 aliphatic carbocycles. The maximum absolute atomic E-state index is 12.2. The van der Waals surface area contributed by atoms with Crippen LogP contribution in [0.25, 0.3) is 0 Å². The average molecular weight is 357 g/mol. The summed E-state index contributed by atoms with van der Waals surface area (Å²) in [6, 6.07) is 12.7. The highest BCUT2D eigenvalue weighted by atomic mass is 32.1. The van der Waals surface area contributed by atoms with Crippen molar-refractivity contribution in [2.45, 2.75) is 0 Å². The van der Waals surface area contributed by atoms with Crippen molar-refractivity contribution in [3.05, 3.63) is 76.9 Å². The molecule has 0 aliphatic rings.